The van der Waals surface area contributed by atoms with Crippen LogP contribution in [0.3, 0.4) is 0 Å². The van der Waals surface area contributed by atoms with Crippen LogP contribution in [0.5, 0.6) is 0 Å². The number of aromatic nitrogens is 2. The first-order valence-corrected chi connectivity index (χ1v) is 7.61. The smallest absolute Gasteiger partial charge is 0.139 e. The van der Waals surface area contributed by atoms with E-state index in [0.717, 1.165) is 16.3 Å². The summed E-state index contributed by atoms with van der Waals surface area (Å²) in [5.41, 5.74) is 1.85. The molecule has 0 aliphatic carbocycles. The van der Waals surface area contributed by atoms with Crippen molar-refractivity contribution in [2.75, 3.05) is 5.08 Å². The zero-order chi connectivity index (χ0) is 12.1. The first-order valence-electron chi connectivity index (χ1n) is 4.53. The molecule has 1 aromatic heterocycles. The largest absolute Gasteiger partial charge is 0.185 e. The molecule has 7 heteroatoms. The molecule has 0 radical (unpaired) electrons. The van der Waals surface area contributed by atoms with Gasteiger partial charge in [0.2, 0.25) is 0 Å². The molecule has 0 atom stereocenters. The molecule has 0 bridgehead atoms. The molecule has 3 nitrogen and oxygen atoms in total. The van der Waals surface area contributed by atoms with Gasteiger partial charge in [-0.15, -0.1) is 0 Å². The molecule has 0 amide bonds. The number of hydrogen-bond acceptors (Lipinski definition) is 6. The van der Waals surface area contributed by atoms with E-state index in [4.69, 9.17) is 16.9 Å². The number of nitrogens with zero attached hydrogens (tertiary/aromatic N) is 3. The van der Waals surface area contributed by atoms with Crippen LogP contribution in [0, 0.1) is 10.7 Å². The van der Waals surface area contributed by atoms with Gasteiger partial charge in [-0.1, -0.05) is 35.5 Å². The van der Waals surface area contributed by atoms with Gasteiger partial charge in [-0.25, -0.2) is 0 Å². The fraction of sp³-hybridized carbons (Fsp3) is 0.100. The molecular weight excluding hydrogens is 294 g/mol. The fourth-order valence-electron chi connectivity index (χ4n) is 1.17. The van der Waals surface area contributed by atoms with Crippen molar-refractivity contribution in [3.8, 4) is 16.7 Å². The number of nitriles is 1. The van der Waals surface area contributed by atoms with Crippen molar-refractivity contribution in [3.63, 3.8) is 0 Å². The molecule has 0 aliphatic rings. The Kier molecular flexibility index (Phi) is 4.68. The zero-order valence-electron chi connectivity index (χ0n) is 8.46. The fourth-order valence-corrected chi connectivity index (χ4v) is 3.33. The highest BCUT2D eigenvalue weighted by molar-refractivity contribution is 8.18. The van der Waals surface area contributed by atoms with Crippen molar-refractivity contribution in [2.24, 2.45) is 0 Å². The summed E-state index contributed by atoms with van der Waals surface area (Å²) in [7, 11) is 0. The van der Waals surface area contributed by atoms with Crippen molar-refractivity contribution in [1.82, 2.24) is 8.75 Å². The molecule has 0 aliphatic heterocycles. The SMILES string of the molecule is N#CSCSc1nsnc1-c1ccc(Cl)cc1. The lowest BCUT2D eigenvalue weighted by atomic mass is 10.2. The minimum Gasteiger partial charge on any atom is -0.185 e. The van der Waals surface area contributed by atoms with Crippen LogP contribution in [0.4, 0.5) is 0 Å². The van der Waals surface area contributed by atoms with Gasteiger partial charge in [0.15, 0.2) is 0 Å². The van der Waals surface area contributed by atoms with Gasteiger partial charge in [0, 0.05) is 10.6 Å². The average molecular weight is 300 g/mol. The maximum atomic E-state index is 8.46. The second-order valence-corrected chi connectivity index (χ2v) is 5.98. The number of hydrogen-bond donors (Lipinski definition) is 0. The van der Waals surface area contributed by atoms with E-state index >= 15 is 0 Å². The Morgan fingerprint density at radius 1 is 1.29 bits per heavy atom. The molecule has 2 rings (SSSR count). The molecule has 0 unspecified atom stereocenters. The summed E-state index contributed by atoms with van der Waals surface area (Å²) in [6.45, 7) is 0. The predicted octanol–water partition coefficient (Wildman–Crippen LogP) is 4.12. The quantitative estimate of drug-likeness (QED) is 0.368. The zero-order valence-corrected chi connectivity index (χ0v) is 11.7. The van der Waals surface area contributed by atoms with Crippen LogP contribution in [0.2, 0.25) is 5.02 Å². The third-order valence-electron chi connectivity index (χ3n) is 1.90. The van der Waals surface area contributed by atoms with Gasteiger partial charge in [0.25, 0.3) is 0 Å². The van der Waals surface area contributed by atoms with Crippen LogP contribution in [0.15, 0.2) is 29.3 Å². The Bertz CT molecular complexity index is 532. The molecule has 0 saturated heterocycles. The molecule has 0 N–H and O–H groups in total. The second kappa shape index (κ2) is 6.26. The average Bonchev–Trinajstić information content (AvgIpc) is 2.79. The summed E-state index contributed by atoms with van der Waals surface area (Å²) in [5, 5.41) is 12.7. The number of rotatable bonds is 4. The van der Waals surface area contributed by atoms with E-state index in [-0.39, 0.29) is 0 Å². The Morgan fingerprint density at radius 3 is 2.76 bits per heavy atom. The van der Waals surface area contributed by atoms with Crippen molar-refractivity contribution in [1.29, 1.82) is 5.26 Å². The molecule has 1 heterocycles. The Balaban J connectivity index is 2.19. The minimum absolute atomic E-state index is 0.655. The second-order valence-electron chi connectivity index (χ2n) is 2.92. The van der Waals surface area contributed by atoms with Crippen LogP contribution >= 0.6 is 46.9 Å². The van der Waals surface area contributed by atoms with E-state index < -0.39 is 0 Å². The molecule has 17 heavy (non-hydrogen) atoms. The third kappa shape index (κ3) is 3.36. The van der Waals surface area contributed by atoms with Gasteiger partial charge in [0.1, 0.15) is 16.1 Å². The lowest BCUT2D eigenvalue weighted by Gasteiger charge is -1.99. The van der Waals surface area contributed by atoms with Crippen molar-refractivity contribution in [3.05, 3.63) is 29.3 Å². The van der Waals surface area contributed by atoms with E-state index in [1.165, 1.54) is 35.3 Å². The van der Waals surface area contributed by atoms with Gasteiger partial charge < -0.3 is 0 Å². The molecule has 0 fully saturated rings. The normalized spacial score (nSPS) is 10.1. The first-order chi connectivity index (χ1) is 8.31. The Labute approximate surface area is 117 Å². The number of thioether (sulfide) groups is 2. The van der Waals surface area contributed by atoms with E-state index in [2.05, 4.69) is 8.75 Å². The topological polar surface area (TPSA) is 49.6 Å². The number of halogens is 1. The summed E-state index contributed by atoms with van der Waals surface area (Å²) in [5.74, 6) is 0. The van der Waals surface area contributed by atoms with Gasteiger partial charge in [-0.2, -0.15) is 14.0 Å². The standard InChI is InChI=1S/C10H6ClN3S3/c11-8-3-1-7(2-4-8)9-10(14-17-13-9)16-6-15-5-12/h1-4H,6H2. The Morgan fingerprint density at radius 2 is 2.06 bits per heavy atom. The van der Waals surface area contributed by atoms with Gasteiger partial charge >= 0.3 is 0 Å². The summed E-state index contributed by atoms with van der Waals surface area (Å²) >= 11 is 9.73. The minimum atomic E-state index is 0.655. The van der Waals surface area contributed by atoms with Crippen LogP contribution in [0.1, 0.15) is 0 Å². The Hall–Kier alpha value is -0.740. The van der Waals surface area contributed by atoms with Gasteiger partial charge in [0.05, 0.1) is 16.8 Å². The number of thiocyanates is 1. The monoisotopic (exact) mass is 299 g/mol. The van der Waals surface area contributed by atoms with Crippen LogP contribution < -0.4 is 0 Å². The highest BCUT2D eigenvalue weighted by Gasteiger charge is 2.10. The highest BCUT2D eigenvalue weighted by atomic mass is 35.5. The molecule has 0 saturated carbocycles. The highest BCUT2D eigenvalue weighted by Crippen LogP contribution is 2.31. The third-order valence-corrected chi connectivity index (χ3v) is 4.42. The molecular formula is C10H6ClN3S3. The molecule has 1 aromatic carbocycles. The van der Waals surface area contributed by atoms with Crippen molar-refractivity contribution in [2.45, 2.75) is 5.03 Å². The van der Waals surface area contributed by atoms with Crippen molar-refractivity contribution >= 4 is 46.9 Å². The molecule has 2 aromatic rings. The van der Waals surface area contributed by atoms with Gasteiger partial charge in [-0.05, 0) is 23.9 Å². The predicted molar refractivity (Wildman–Crippen MR) is 74.3 cm³/mol. The van der Waals surface area contributed by atoms with Crippen LogP contribution in [-0.2, 0) is 0 Å². The summed E-state index contributed by atoms with van der Waals surface area (Å²) in [6.07, 6.45) is 0. The van der Waals surface area contributed by atoms with E-state index in [1.807, 2.05) is 29.7 Å². The summed E-state index contributed by atoms with van der Waals surface area (Å²) in [6, 6.07) is 7.49. The first kappa shape index (κ1) is 12.7. The van der Waals surface area contributed by atoms with E-state index in [0.29, 0.717) is 10.1 Å². The molecule has 86 valence electrons. The summed E-state index contributed by atoms with van der Waals surface area (Å²) in [4.78, 5) is 0. The maximum absolute atomic E-state index is 8.46. The number of benzene rings is 1. The van der Waals surface area contributed by atoms with Crippen molar-refractivity contribution < 1.29 is 0 Å². The van der Waals surface area contributed by atoms with E-state index in [9.17, 15) is 0 Å². The maximum Gasteiger partial charge on any atom is 0.139 e. The lowest BCUT2D eigenvalue weighted by Crippen LogP contribution is -1.81. The summed E-state index contributed by atoms with van der Waals surface area (Å²) < 4.78 is 8.49. The molecule has 0 spiro atoms. The van der Waals surface area contributed by atoms with Gasteiger partial charge in [-0.3, -0.25) is 0 Å². The lowest BCUT2D eigenvalue weighted by molar-refractivity contribution is 1.27. The van der Waals surface area contributed by atoms with Crippen LogP contribution in [-0.4, -0.2) is 13.8 Å². The van der Waals surface area contributed by atoms with Crippen LogP contribution in [0.25, 0.3) is 11.3 Å². The van der Waals surface area contributed by atoms with E-state index in [1.54, 1.807) is 0 Å².